The highest BCUT2D eigenvalue weighted by molar-refractivity contribution is 6.20. The van der Waals surface area contributed by atoms with Crippen molar-refractivity contribution in [3.63, 3.8) is 0 Å². The molecule has 0 aliphatic carbocycles. The van der Waals surface area contributed by atoms with Crippen molar-refractivity contribution in [2.75, 3.05) is 0 Å². The molecule has 0 spiro atoms. The van der Waals surface area contributed by atoms with E-state index in [0.717, 1.165) is 93.9 Å². The lowest BCUT2D eigenvalue weighted by Crippen LogP contribution is -1.99. The van der Waals surface area contributed by atoms with Gasteiger partial charge in [-0.05, 0) is 48.5 Å². The largest absolute Gasteiger partial charge is 0.455 e. The Hall–Kier alpha value is -6.20. The van der Waals surface area contributed by atoms with Crippen LogP contribution in [0, 0.1) is 0 Å². The van der Waals surface area contributed by atoms with Crippen molar-refractivity contribution in [3.05, 3.63) is 140 Å². The molecule has 0 saturated carbocycles. The Balaban J connectivity index is 1.37. The number of furan rings is 2. The molecule has 0 aliphatic heterocycles. The molecular weight excluding hydrogens is 554 g/mol. The lowest BCUT2D eigenvalue weighted by atomic mass is 10.0. The molecule has 0 saturated heterocycles. The minimum absolute atomic E-state index is 0.828. The number of hydrogen-bond donors (Lipinski definition) is 0. The SMILES string of the molecule is c1ccc(-n2c3c(-c4cccc5c4oc4ccccc45)nccc3c3ccnc(-c4cccc5c4oc4ccccc45)c32)cc1. The van der Waals surface area contributed by atoms with Crippen LogP contribution >= 0.6 is 0 Å². The van der Waals surface area contributed by atoms with Crippen LogP contribution in [0.25, 0.3) is 93.9 Å². The van der Waals surface area contributed by atoms with E-state index in [1.165, 1.54) is 0 Å². The molecule has 5 nitrogen and oxygen atoms in total. The number of aromatic nitrogens is 3. The Morgan fingerprint density at radius 2 is 0.867 bits per heavy atom. The second-order valence-corrected chi connectivity index (χ2v) is 11.3. The lowest BCUT2D eigenvalue weighted by Gasteiger charge is -2.13. The number of rotatable bonds is 3. The Bertz CT molecular complexity index is 2600. The third-order valence-electron chi connectivity index (χ3n) is 8.92. The maximum atomic E-state index is 6.50. The number of pyridine rings is 2. The fraction of sp³-hybridized carbons (Fsp3) is 0. The van der Waals surface area contributed by atoms with Gasteiger partial charge in [0.15, 0.2) is 0 Å². The van der Waals surface area contributed by atoms with Crippen LogP contribution in [0.1, 0.15) is 0 Å². The van der Waals surface area contributed by atoms with Gasteiger partial charge in [0, 0.05) is 61.5 Å². The summed E-state index contributed by atoms with van der Waals surface area (Å²) in [7, 11) is 0. The standard InChI is InChI=1S/C40H23N3O2/c1-2-10-24(11-3-1)43-37-27(20-22-41-35(37)31-16-8-14-29-25-12-4-6-18-33(25)44-39(29)31)28-21-23-42-36(38(28)43)32-17-9-15-30-26-13-5-7-19-34(26)45-40(30)32/h1-23H. The molecule has 0 bridgehead atoms. The first-order valence-corrected chi connectivity index (χ1v) is 15.0. The highest BCUT2D eigenvalue weighted by Crippen LogP contribution is 2.44. The maximum absolute atomic E-state index is 6.50. The maximum Gasteiger partial charge on any atom is 0.144 e. The van der Waals surface area contributed by atoms with Gasteiger partial charge in [-0.25, -0.2) is 0 Å². The zero-order valence-corrected chi connectivity index (χ0v) is 23.9. The number of hydrogen-bond acceptors (Lipinski definition) is 4. The summed E-state index contributed by atoms with van der Waals surface area (Å²) in [5.74, 6) is 0. The first kappa shape index (κ1) is 24.3. The van der Waals surface area contributed by atoms with Gasteiger partial charge in [-0.3, -0.25) is 9.97 Å². The van der Waals surface area contributed by atoms with Crippen molar-refractivity contribution in [1.29, 1.82) is 0 Å². The van der Waals surface area contributed by atoms with Crippen molar-refractivity contribution in [3.8, 4) is 28.2 Å². The lowest BCUT2D eigenvalue weighted by molar-refractivity contribution is 0.669. The zero-order chi connectivity index (χ0) is 29.5. The predicted molar refractivity (Wildman–Crippen MR) is 182 cm³/mol. The smallest absolute Gasteiger partial charge is 0.144 e. The predicted octanol–water partition coefficient (Wildman–Crippen LogP) is 10.7. The van der Waals surface area contributed by atoms with Gasteiger partial charge in [-0.2, -0.15) is 0 Å². The van der Waals surface area contributed by atoms with Gasteiger partial charge in [0.1, 0.15) is 22.3 Å². The summed E-state index contributed by atoms with van der Waals surface area (Å²) in [6.45, 7) is 0. The van der Waals surface area contributed by atoms with E-state index in [9.17, 15) is 0 Å². The van der Waals surface area contributed by atoms with Gasteiger partial charge >= 0.3 is 0 Å². The summed E-state index contributed by atoms with van der Waals surface area (Å²) in [5, 5.41) is 6.51. The van der Waals surface area contributed by atoms with Crippen LogP contribution in [0.4, 0.5) is 0 Å². The molecular formula is C40H23N3O2. The normalized spacial score (nSPS) is 12.0. The highest BCUT2D eigenvalue weighted by atomic mass is 16.3. The summed E-state index contributed by atoms with van der Waals surface area (Å²) in [5.41, 5.74) is 10.00. The van der Waals surface area contributed by atoms with Crippen LogP contribution in [-0.4, -0.2) is 14.5 Å². The second-order valence-electron chi connectivity index (χ2n) is 11.3. The van der Waals surface area contributed by atoms with Gasteiger partial charge in [-0.1, -0.05) is 78.9 Å². The molecule has 0 radical (unpaired) electrons. The van der Waals surface area contributed by atoms with E-state index >= 15 is 0 Å². The van der Waals surface area contributed by atoms with E-state index < -0.39 is 0 Å². The molecule has 45 heavy (non-hydrogen) atoms. The average molecular weight is 578 g/mol. The van der Waals surface area contributed by atoms with Gasteiger partial charge in [-0.15, -0.1) is 0 Å². The second kappa shape index (κ2) is 9.15. The first-order valence-electron chi connectivity index (χ1n) is 15.0. The molecule has 10 aromatic rings. The number of para-hydroxylation sites is 5. The number of fused-ring (bicyclic) bond motifs is 9. The van der Waals surface area contributed by atoms with E-state index in [1.807, 2.05) is 54.9 Å². The van der Waals surface area contributed by atoms with Crippen LogP contribution in [-0.2, 0) is 0 Å². The number of nitrogens with zero attached hydrogens (tertiary/aromatic N) is 3. The fourth-order valence-electron chi connectivity index (χ4n) is 7.00. The topological polar surface area (TPSA) is 57.0 Å². The molecule has 10 rings (SSSR count). The van der Waals surface area contributed by atoms with Gasteiger partial charge in [0.05, 0.1) is 22.4 Å². The van der Waals surface area contributed by atoms with Crippen molar-refractivity contribution in [1.82, 2.24) is 14.5 Å². The summed E-state index contributed by atoms with van der Waals surface area (Å²) in [4.78, 5) is 10.1. The Morgan fingerprint density at radius 1 is 0.400 bits per heavy atom. The summed E-state index contributed by atoms with van der Waals surface area (Å²) in [6, 6.07) is 43.6. The summed E-state index contributed by atoms with van der Waals surface area (Å²) < 4.78 is 15.3. The van der Waals surface area contributed by atoms with Crippen LogP contribution < -0.4 is 0 Å². The van der Waals surface area contributed by atoms with E-state index in [-0.39, 0.29) is 0 Å². The van der Waals surface area contributed by atoms with Gasteiger partial charge in [0.2, 0.25) is 0 Å². The summed E-state index contributed by atoms with van der Waals surface area (Å²) >= 11 is 0. The van der Waals surface area contributed by atoms with Crippen LogP contribution in [0.15, 0.2) is 149 Å². The molecule has 0 atom stereocenters. The monoisotopic (exact) mass is 577 g/mol. The molecule has 0 aliphatic rings. The molecule has 5 heteroatoms. The van der Waals surface area contributed by atoms with Crippen molar-refractivity contribution < 1.29 is 8.83 Å². The van der Waals surface area contributed by atoms with Gasteiger partial charge < -0.3 is 13.4 Å². The quantitative estimate of drug-likeness (QED) is 0.210. The van der Waals surface area contributed by atoms with E-state index in [1.54, 1.807) is 0 Å². The van der Waals surface area contributed by atoms with Crippen LogP contribution in [0.5, 0.6) is 0 Å². The van der Waals surface area contributed by atoms with Gasteiger partial charge in [0.25, 0.3) is 0 Å². The highest BCUT2D eigenvalue weighted by Gasteiger charge is 2.24. The van der Waals surface area contributed by atoms with E-state index in [0.29, 0.717) is 0 Å². The molecule has 5 aromatic heterocycles. The molecule has 0 amide bonds. The molecule has 5 heterocycles. The Labute approximate surface area is 256 Å². The first-order chi connectivity index (χ1) is 22.3. The minimum Gasteiger partial charge on any atom is -0.455 e. The summed E-state index contributed by atoms with van der Waals surface area (Å²) in [6.07, 6.45) is 3.79. The van der Waals surface area contributed by atoms with E-state index in [4.69, 9.17) is 18.8 Å². The van der Waals surface area contributed by atoms with E-state index in [2.05, 4.69) is 89.5 Å². The van der Waals surface area contributed by atoms with Crippen LogP contribution in [0.3, 0.4) is 0 Å². The van der Waals surface area contributed by atoms with Crippen molar-refractivity contribution in [2.24, 2.45) is 0 Å². The third-order valence-corrected chi connectivity index (χ3v) is 8.92. The zero-order valence-electron chi connectivity index (χ0n) is 23.9. The minimum atomic E-state index is 0.828. The number of benzene rings is 5. The Morgan fingerprint density at radius 3 is 1.40 bits per heavy atom. The molecule has 210 valence electrons. The molecule has 0 N–H and O–H groups in total. The average Bonchev–Trinajstić information content (AvgIpc) is 3.78. The fourth-order valence-corrected chi connectivity index (χ4v) is 7.00. The van der Waals surface area contributed by atoms with Crippen molar-refractivity contribution >= 4 is 65.7 Å². The van der Waals surface area contributed by atoms with Crippen LogP contribution in [0.2, 0.25) is 0 Å². The van der Waals surface area contributed by atoms with Crippen molar-refractivity contribution in [2.45, 2.75) is 0 Å². The third kappa shape index (κ3) is 3.38. The molecule has 5 aromatic carbocycles. The molecule has 0 fully saturated rings. The molecule has 0 unspecified atom stereocenters. The Kier molecular flexibility index (Phi) is 4.93.